The number of aromatic nitrogens is 2. The summed E-state index contributed by atoms with van der Waals surface area (Å²) in [5.41, 5.74) is 1.78. The van der Waals surface area contributed by atoms with Crippen molar-refractivity contribution in [3.05, 3.63) is 81.8 Å². The minimum atomic E-state index is -0.389. The highest BCUT2D eigenvalue weighted by atomic mass is 35.5. The van der Waals surface area contributed by atoms with E-state index in [1.165, 1.54) is 18.3 Å². The van der Waals surface area contributed by atoms with Gasteiger partial charge in [0.1, 0.15) is 5.82 Å². The molecule has 4 nitrogen and oxygen atoms in total. The molecule has 0 aliphatic carbocycles. The molecular formula is C17H12Cl2FN3O. The van der Waals surface area contributed by atoms with E-state index in [0.29, 0.717) is 27.8 Å². The van der Waals surface area contributed by atoms with Crippen molar-refractivity contribution in [3.8, 4) is 0 Å². The van der Waals surface area contributed by atoms with E-state index in [9.17, 15) is 9.18 Å². The molecule has 3 rings (SSSR count). The van der Waals surface area contributed by atoms with Gasteiger partial charge in [-0.05, 0) is 42.0 Å². The van der Waals surface area contributed by atoms with Crippen LogP contribution >= 0.6 is 23.2 Å². The quantitative estimate of drug-likeness (QED) is 0.734. The lowest BCUT2D eigenvalue weighted by Gasteiger charge is -2.05. The van der Waals surface area contributed by atoms with E-state index in [4.69, 9.17) is 23.2 Å². The van der Waals surface area contributed by atoms with Gasteiger partial charge in [0.25, 0.3) is 5.91 Å². The predicted molar refractivity (Wildman–Crippen MR) is 92.1 cm³/mol. The molecule has 0 atom stereocenters. The van der Waals surface area contributed by atoms with Crippen molar-refractivity contribution < 1.29 is 9.18 Å². The Morgan fingerprint density at radius 2 is 1.92 bits per heavy atom. The zero-order valence-corrected chi connectivity index (χ0v) is 13.9. The van der Waals surface area contributed by atoms with Crippen LogP contribution in [0.15, 0.2) is 54.9 Å². The summed E-state index contributed by atoms with van der Waals surface area (Å²) < 4.78 is 14.7. The van der Waals surface area contributed by atoms with Gasteiger partial charge in [0.05, 0.1) is 18.4 Å². The Labute approximate surface area is 147 Å². The fraction of sp³-hybridized carbons (Fsp3) is 0.0588. The van der Waals surface area contributed by atoms with Gasteiger partial charge in [-0.3, -0.25) is 9.48 Å². The van der Waals surface area contributed by atoms with Gasteiger partial charge in [-0.25, -0.2) is 4.39 Å². The van der Waals surface area contributed by atoms with E-state index in [1.54, 1.807) is 41.2 Å². The molecule has 0 saturated carbocycles. The highest BCUT2D eigenvalue weighted by Crippen LogP contribution is 2.19. The van der Waals surface area contributed by atoms with Crippen LogP contribution in [0.25, 0.3) is 0 Å². The monoisotopic (exact) mass is 363 g/mol. The van der Waals surface area contributed by atoms with Crippen LogP contribution < -0.4 is 5.32 Å². The fourth-order valence-corrected chi connectivity index (χ4v) is 2.50. The summed E-state index contributed by atoms with van der Waals surface area (Å²) in [6, 6.07) is 10.8. The Kier molecular flexibility index (Phi) is 4.83. The Balaban J connectivity index is 1.69. The Morgan fingerprint density at radius 3 is 2.62 bits per heavy atom. The van der Waals surface area contributed by atoms with Crippen molar-refractivity contribution in [2.75, 3.05) is 5.32 Å². The normalized spacial score (nSPS) is 10.6. The first-order valence-corrected chi connectivity index (χ1v) is 7.80. The molecule has 2 aromatic carbocycles. The van der Waals surface area contributed by atoms with Gasteiger partial charge >= 0.3 is 0 Å². The molecule has 0 radical (unpaired) electrons. The SMILES string of the molecule is O=C(Nc1cnn(Cc2ccc(F)cc2Cl)c1)c1ccc(Cl)cc1. The second-order valence-electron chi connectivity index (χ2n) is 5.12. The molecule has 1 N–H and O–H groups in total. The van der Waals surface area contributed by atoms with Crippen LogP contribution in [0.2, 0.25) is 10.0 Å². The summed E-state index contributed by atoms with van der Waals surface area (Å²) in [4.78, 5) is 12.1. The average Bonchev–Trinajstić information content (AvgIpc) is 2.98. The minimum Gasteiger partial charge on any atom is -0.319 e. The lowest BCUT2D eigenvalue weighted by molar-refractivity contribution is 0.102. The van der Waals surface area contributed by atoms with Crippen molar-refractivity contribution in [2.45, 2.75) is 6.54 Å². The van der Waals surface area contributed by atoms with E-state index in [2.05, 4.69) is 10.4 Å². The lowest BCUT2D eigenvalue weighted by atomic mass is 10.2. The van der Waals surface area contributed by atoms with Gasteiger partial charge in [-0.2, -0.15) is 5.10 Å². The standard InChI is InChI=1S/C17H12Cl2FN3O/c18-13-4-1-11(2-5-13)17(24)22-15-8-21-23(10-15)9-12-3-6-14(20)7-16(12)19/h1-8,10H,9H2,(H,22,24). The largest absolute Gasteiger partial charge is 0.319 e. The third-order valence-corrected chi connectivity index (χ3v) is 3.95. The number of benzene rings is 2. The molecule has 3 aromatic rings. The number of nitrogens with zero attached hydrogens (tertiary/aromatic N) is 2. The number of halogens is 3. The van der Waals surface area contributed by atoms with Gasteiger partial charge in [0.15, 0.2) is 0 Å². The number of carbonyl (C=O) groups excluding carboxylic acids is 1. The van der Waals surface area contributed by atoms with Crippen LogP contribution in [-0.4, -0.2) is 15.7 Å². The molecule has 0 bridgehead atoms. The van der Waals surface area contributed by atoms with Gasteiger partial charge in [-0.1, -0.05) is 29.3 Å². The molecule has 0 aliphatic heterocycles. The molecule has 0 fully saturated rings. The highest BCUT2D eigenvalue weighted by molar-refractivity contribution is 6.31. The van der Waals surface area contributed by atoms with Gasteiger partial charge < -0.3 is 5.32 Å². The zero-order chi connectivity index (χ0) is 17.1. The van der Waals surface area contributed by atoms with Crippen LogP contribution in [0.1, 0.15) is 15.9 Å². The van der Waals surface area contributed by atoms with Gasteiger partial charge in [-0.15, -0.1) is 0 Å². The number of anilines is 1. The van der Waals surface area contributed by atoms with E-state index in [1.807, 2.05) is 0 Å². The number of amides is 1. The van der Waals surface area contributed by atoms with Crippen LogP contribution in [0.4, 0.5) is 10.1 Å². The maximum atomic E-state index is 13.1. The van der Waals surface area contributed by atoms with Crippen molar-refractivity contribution in [1.82, 2.24) is 9.78 Å². The van der Waals surface area contributed by atoms with Crippen molar-refractivity contribution in [2.24, 2.45) is 0 Å². The average molecular weight is 364 g/mol. The second kappa shape index (κ2) is 7.03. The lowest BCUT2D eigenvalue weighted by Crippen LogP contribution is -2.11. The molecule has 0 saturated heterocycles. The second-order valence-corrected chi connectivity index (χ2v) is 5.97. The Morgan fingerprint density at radius 1 is 1.17 bits per heavy atom. The molecule has 7 heteroatoms. The molecule has 122 valence electrons. The van der Waals surface area contributed by atoms with E-state index >= 15 is 0 Å². The molecule has 1 amide bonds. The number of carbonyl (C=O) groups is 1. The first-order valence-electron chi connectivity index (χ1n) is 7.04. The Hall–Kier alpha value is -2.37. The minimum absolute atomic E-state index is 0.258. The van der Waals surface area contributed by atoms with E-state index in [-0.39, 0.29) is 11.7 Å². The van der Waals surface area contributed by atoms with Crippen LogP contribution in [-0.2, 0) is 6.54 Å². The summed E-state index contributed by atoms with van der Waals surface area (Å²) in [5, 5.41) is 7.81. The highest BCUT2D eigenvalue weighted by Gasteiger charge is 2.09. The zero-order valence-electron chi connectivity index (χ0n) is 12.3. The Bertz CT molecular complexity index is 878. The number of hydrogen-bond acceptors (Lipinski definition) is 2. The van der Waals surface area contributed by atoms with Crippen molar-refractivity contribution in [3.63, 3.8) is 0 Å². The number of rotatable bonds is 4. The van der Waals surface area contributed by atoms with Crippen LogP contribution in [0.3, 0.4) is 0 Å². The van der Waals surface area contributed by atoms with E-state index in [0.717, 1.165) is 5.56 Å². The smallest absolute Gasteiger partial charge is 0.255 e. The third kappa shape index (κ3) is 3.93. The van der Waals surface area contributed by atoms with E-state index < -0.39 is 0 Å². The molecule has 0 aliphatic rings. The first-order chi connectivity index (χ1) is 11.5. The molecule has 1 heterocycles. The summed E-state index contributed by atoms with van der Waals surface area (Å²) in [6.45, 7) is 0.371. The van der Waals surface area contributed by atoms with Gasteiger partial charge in [0, 0.05) is 21.8 Å². The summed E-state index contributed by atoms with van der Waals surface area (Å²) >= 11 is 11.8. The topological polar surface area (TPSA) is 46.9 Å². The predicted octanol–water partition coefficient (Wildman–Crippen LogP) is 4.63. The fourth-order valence-electron chi connectivity index (χ4n) is 2.14. The maximum absolute atomic E-state index is 13.1. The molecule has 0 spiro atoms. The summed E-state index contributed by atoms with van der Waals surface area (Å²) in [6.07, 6.45) is 3.21. The molecule has 0 unspecified atom stereocenters. The van der Waals surface area contributed by atoms with Gasteiger partial charge in [0.2, 0.25) is 0 Å². The maximum Gasteiger partial charge on any atom is 0.255 e. The number of hydrogen-bond donors (Lipinski definition) is 1. The first kappa shape index (κ1) is 16.5. The third-order valence-electron chi connectivity index (χ3n) is 3.34. The molecule has 1 aromatic heterocycles. The summed E-state index contributed by atoms with van der Waals surface area (Å²) in [5.74, 6) is -0.647. The van der Waals surface area contributed by atoms with Crippen molar-refractivity contribution in [1.29, 1.82) is 0 Å². The van der Waals surface area contributed by atoms with Crippen LogP contribution in [0.5, 0.6) is 0 Å². The molecule has 24 heavy (non-hydrogen) atoms. The van der Waals surface area contributed by atoms with Crippen LogP contribution in [0, 0.1) is 5.82 Å². The molecular weight excluding hydrogens is 352 g/mol. The summed E-state index contributed by atoms with van der Waals surface area (Å²) in [7, 11) is 0. The van der Waals surface area contributed by atoms with Crippen molar-refractivity contribution >= 4 is 34.8 Å². The number of nitrogens with one attached hydrogen (secondary N) is 1.